The summed E-state index contributed by atoms with van der Waals surface area (Å²) >= 11 is 0. The fourth-order valence-electron chi connectivity index (χ4n) is 12.6. The Labute approximate surface area is 269 Å². The molecule has 2 saturated heterocycles. The largest absolute Gasteiger partial charge is 0.394 e. The summed E-state index contributed by atoms with van der Waals surface area (Å²) in [5.74, 6) is 0.473. The Kier molecular flexibility index (Phi) is 8.53. The SMILES string of the molecule is CC(C)=C[C@H]1C[C@](C)(O[C@@H]2O[C@H](CO)[C@@H](O)[C@H](O)[C@H]2O)[C@H]2CC[C@]3(C)[C@@H]2[C@@H](C[C@@H]2[C@@]4(C)CC[C@H](O)C(C)(C)[C@H]4[C@@H](O)C[C@]23C)O1. The van der Waals surface area contributed by atoms with E-state index in [0.29, 0.717) is 18.8 Å². The first-order chi connectivity index (χ1) is 20.8. The molecule has 4 aliphatic carbocycles. The molecule has 2 aliphatic heterocycles. The van der Waals surface area contributed by atoms with E-state index in [2.05, 4.69) is 61.5 Å². The molecule has 2 heterocycles. The molecule has 0 radical (unpaired) electrons. The van der Waals surface area contributed by atoms with Crippen molar-refractivity contribution in [3.63, 3.8) is 0 Å². The average molecular weight is 637 g/mol. The van der Waals surface area contributed by atoms with Gasteiger partial charge in [-0.05, 0) is 105 Å². The summed E-state index contributed by atoms with van der Waals surface area (Å²) in [5, 5.41) is 65.0. The number of aliphatic hydroxyl groups excluding tert-OH is 6. The lowest BCUT2D eigenvalue weighted by Crippen LogP contribution is -2.69. The van der Waals surface area contributed by atoms with E-state index in [9.17, 15) is 30.6 Å². The smallest absolute Gasteiger partial charge is 0.187 e. The third-order valence-electron chi connectivity index (χ3n) is 14.7. The molecule has 9 nitrogen and oxygen atoms in total. The van der Waals surface area contributed by atoms with Gasteiger partial charge in [-0.3, -0.25) is 0 Å². The van der Waals surface area contributed by atoms with E-state index in [1.54, 1.807) is 0 Å². The predicted octanol–water partition coefficient (Wildman–Crippen LogP) is 3.31. The van der Waals surface area contributed by atoms with Crippen molar-refractivity contribution in [3.8, 4) is 0 Å². The van der Waals surface area contributed by atoms with E-state index in [1.165, 1.54) is 0 Å². The molecule has 0 spiro atoms. The molecule has 6 N–H and O–H groups in total. The van der Waals surface area contributed by atoms with E-state index < -0.39 is 60.5 Å². The van der Waals surface area contributed by atoms with Gasteiger partial charge in [0.2, 0.25) is 0 Å². The maximum Gasteiger partial charge on any atom is 0.187 e. The summed E-state index contributed by atoms with van der Waals surface area (Å²) in [4.78, 5) is 0. The van der Waals surface area contributed by atoms with Crippen LogP contribution in [0.3, 0.4) is 0 Å². The van der Waals surface area contributed by atoms with Crippen LogP contribution in [0.25, 0.3) is 0 Å². The van der Waals surface area contributed by atoms with E-state index in [1.807, 2.05) is 0 Å². The standard InChI is InChI=1S/C36H60O9/c1-18(2)13-19-15-36(8,45-31-29(42)28(41)27(40)23(17-37)44-31)20-9-12-34(6)26(20)22(43-19)14-24-33(5)11-10-25(39)32(3,4)30(33)21(38)16-35(24,34)7/h13,19-31,37-42H,9-12,14-17H2,1-8H3/t19-,20-,21-,22+,23+,24+,25-,26-,27+,28-,29+,30+,31-,33+,34+,35+,36-/m0/s1. The predicted molar refractivity (Wildman–Crippen MR) is 168 cm³/mol. The first-order valence-corrected chi connectivity index (χ1v) is 17.5. The minimum atomic E-state index is -1.51. The van der Waals surface area contributed by atoms with Gasteiger partial charge in [-0.1, -0.05) is 46.3 Å². The van der Waals surface area contributed by atoms with Crippen LogP contribution in [0.2, 0.25) is 0 Å². The zero-order chi connectivity index (χ0) is 33.1. The highest BCUT2D eigenvalue weighted by Gasteiger charge is 2.74. The highest BCUT2D eigenvalue weighted by Crippen LogP contribution is 2.76. The number of rotatable bonds is 4. The second kappa shape index (κ2) is 11.2. The molecule has 6 aliphatic rings. The first-order valence-electron chi connectivity index (χ1n) is 17.5. The summed E-state index contributed by atoms with van der Waals surface area (Å²) < 4.78 is 19.9. The van der Waals surface area contributed by atoms with E-state index in [4.69, 9.17) is 14.2 Å². The van der Waals surface area contributed by atoms with Crippen molar-refractivity contribution >= 4 is 0 Å². The van der Waals surface area contributed by atoms with Gasteiger partial charge in [-0.2, -0.15) is 0 Å². The molecule has 6 rings (SSSR count). The van der Waals surface area contributed by atoms with Crippen LogP contribution in [0, 0.1) is 45.3 Å². The fraction of sp³-hybridized carbons (Fsp3) is 0.944. The molecular formula is C36H60O9. The van der Waals surface area contributed by atoms with Crippen molar-refractivity contribution < 1.29 is 44.8 Å². The van der Waals surface area contributed by atoms with Crippen LogP contribution in [-0.2, 0) is 14.2 Å². The van der Waals surface area contributed by atoms with Gasteiger partial charge in [0.05, 0.1) is 36.6 Å². The molecule has 6 fully saturated rings. The minimum absolute atomic E-state index is 0.0108. The molecule has 0 bridgehead atoms. The van der Waals surface area contributed by atoms with Crippen LogP contribution in [-0.4, -0.2) is 98.0 Å². The van der Waals surface area contributed by atoms with Gasteiger partial charge >= 0.3 is 0 Å². The van der Waals surface area contributed by atoms with Crippen LogP contribution in [0.15, 0.2) is 11.6 Å². The maximum absolute atomic E-state index is 12.0. The van der Waals surface area contributed by atoms with Crippen molar-refractivity contribution in [3.05, 3.63) is 11.6 Å². The summed E-state index contributed by atoms with van der Waals surface area (Å²) in [6, 6.07) is 0. The molecular weight excluding hydrogens is 576 g/mol. The third-order valence-corrected chi connectivity index (χ3v) is 14.7. The summed E-state index contributed by atoms with van der Waals surface area (Å²) in [6.07, 6.45) is -0.212. The van der Waals surface area contributed by atoms with E-state index in [-0.39, 0.29) is 46.2 Å². The second-order valence-corrected chi connectivity index (χ2v) is 17.7. The number of ether oxygens (including phenoxy) is 3. The third kappa shape index (κ3) is 4.88. The lowest BCUT2D eigenvalue weighted by Gasteiger charge is -2.71. The Hall–Kier alpha value is -0.620. The highest BCUT2D eigenvalue weighted by atomic mass is 16.7. The zero-order valence-electron chi connectivity index (χ0n) is 28.6. The zero-order valence-corrected chi connectivity index (χ0v) is 28.6. The van der Waals surface area contributed by atoms with Crippen LogP contribution in [0.1, 0.15) is 100 Å². The monoisotopic (exact) mass is 636 g/mol. The Bertz CT molecular complexity index is 1150. The van der Waals surface area contributed by atoms with E-state index >= 15 is 0 Å². The molecule has 4 saturated carbocycles. The van der Waals surface area contributed by atoms with Gasteiger partial charge in [-0.15, -0.1) is 0 Å². The topological polar surface area (TPSA) is 149 Å². The van der Waals surface area contributed by atoms with Gasteiger partial charge in [0.15, 0.2) is 6.29 Å². The summed E-state index contributed by atoms with van der Waals surface area (Å²) in [5.41, 5.74) is -0.547. The Balaban J connectivity index is 1.41. The molecule has 0 unspecified atom stereocenters. The highest BCUT2D eigenvalue weighted by molar-refractivity contribution is 5.23. The number of fused-ring (bicyclic) bond motifs is 4. The second-order valence-electron chi connectivity index (χ2n) is 17.7. The lowest BCUT2D eigenvalue weighted by molar-refractivity contribution is -0.334. The molecule has 0 aromatic heterocycles. The maximum atomic E-state index is 12.0. The van der Waals surface area contributed by atoms with Gasteiger partial charge in [-0.25, -0.2) is 0 Å². The van der Waals surface area contributed by atoms with Crippen LogP contribution in [0.4, 0.5) is 0 Å². The van der Waals surface area contributed by atoms with Crippen LogP contribution in [0.5, 0.6) is 0 Å². The van der Waals surface area contributed by atoms with E-state index in [0.717, 1.165) is 37.7 Å². The summed E-state index contributed by atoms with van der Waals surface area (Å²) in [7, 11) is 0. The Morgan fingerprint density at radius 2 is 1.53 bits per heavy atom. The number of aliphatic hydroxyl groups is 6. The van der Waals surface area contributed by atoms with Crippen molar-refractivity contribution in [2.75, 3.05) is 6.61 Å². The van der Waals surface area contributed by atoms with Crippen molar-refractivity contribution in [1.82, 2.24) is 0 Å². The molecule has 0 amide bonds. The number of allylic oxidation sites excluding steroid dienone is 1. The molecule has 0 aromatic rings. The van der Waals surface area contributed by atoms with Gasteiger partial charge < -0.3 is 44.8 Å². The van der Waals surface area contributed by atoms with Crippen LogP contribution < -0.4 is 0 Å². The number of hydrogen-bond acceptors (Lipinski definition) is 9. The van der Waals surface area contributed by atoms with Gasteiger partial charge in [0.25, 0.3) is 0 Å². The quantitative estimate of drug-likeness (QED) is 0.256. The molecule has 0 aromatic carbocycles. The van der Waals surface area contributed by atoms with Gasteiger partial charge in [0, 0.05) is 6.42 Å². The number of hydrogen-bond donors (Lipinski definition) is 6. The van der Waals surface area contributed by atoms with Crippen LogP contribution >= 0.6 is 0 Å². The molecule has 9 heteroatoms. The molecule has 17 atom stereocenters. The Morgan fingerprint density at radius 3 is 2.18 bits per heavy atom. The average Bonchev–Trinajstić information content (AvgIpc) is 3.27. The fourth-order valence-corrected chi connectivity index (χ4v) is 12.6. The molecule has 258 valence electrons. The molecule has 45 heavy (non-hydrogen) atoms. The first kappa shape index (κ1) is 34.3. The Morgan fingerprint density at radius 1 is 0.844 bits per heavy atom. The minimum Gasteiger partial charge on any atom is -0.394 e. The summed E-state index contributed by atoms with van der Waals surface area (Å²) in [6.45, 7) is 17.2. The van der Waals surface area contributed by atoms with Crippen molar-refractivity contribution in [1.29, 1.82) is 0 Å². The van der Waals surface area contributed by atoms with Gasteiger partial charge in [0.1, 0.15) is 24.4 Å². The van der Waals surface area contributed by atoms with Crippen molar-refractivity contribution in [2.24, 2.45) is 45.3 Å². The van der Waals surface area contributed by atoms with Crippen molar-refractivity contribution in [2.45, 2.75) is 161 Å². The normalized spacial score (nSPS) is 57.2. The lowest BCUT2D eigenvalue weighted by atomic mass is 9.34.